The van der Waals surface area contributed by atoms with Gasteiger partial charge in [0.05, 0.1) is 17.7 Å². The Kier molecular flexibility index (Phi) is 5.29. The summed E-state index contributed by atoms with van der Waals surface area (Å²) in [6.45, 7) is 8.48. The van der Waals surface area contributed by atoms with Gasteiger partial charge in [-0.15, -0.1) is 5.10 Å². The number of carbonyl (C=O) groups is 1. The van der Waals surface area contributed by atoms with Gasteiger partial charge in [-0.25, -0.2) is 4.98 Å². The van der Waals surface area contributed by atoms with E-state index in [2.05, 4.69) is 20.1 Å². The molecule has 1 aliphatic rings. The average molecular weight is 356 g/mol. The second-order valence-corrected chi connectivity index (χ2v) is 6.84. The maximum atomic E-state index is 12.5. The van der Waals surface area contributed by atoms with Crippen LogP contribution in [0.2, 0.25) is 0 Å². The first-order valence-electron chi connectivity index (χ1n) is 8.83. The third-order valence-corrected chi connectivity index (χ3v) is 4.54. The standard InChI is InChI=1S/C18H24N6O2/c1-13(2)15-10-17(25)24(12-19-15)11-18(26)23-8-6-22(7-9-23)16-5-4-14(3)20-21-16/h4-5,10,12-13H,6-9,11H2,1-3H3. The first kappa shape index (κ1) is 18.0. The molecule has 0 saturated carbocycles. The smallest absolute Gasteiger partial charge is 0.254 e. The second-order valence-electron chi connectivity index (χ2n) is 6.84. The monoisotopic (exact) mass is 356 g/mol. The van der Waals surface area contributed by atoms with Crippen molar-refractivity contribution in [1.29, 1.82) is 0 Å². The molecule has 0 N–H and O–H groups in total. The van der Waals surface area contributed by atoms with Gasteiger partial charge in [0.15, 0.2) is 5.82 Å². The molecule has 0 bridgehead atoms. The number of carbonyl (C=O) groups excluding carboxylic acids is 1. The van der Waals surface area contributed by atoms with E-state index in [9.17, 15) is 9.59 Å². The van der Waals surface area contributed by atoms with E-state index in [0.29, 0.717) is 26.2 Å². The van der Waals surface area contributed by atoms with Crippen molar-refractivity contribution in [3.8, 4) is 0 Å². The SMILES string of the molecule is Cc1ccc(N2CCN(C(=O)Cn3cnc(C(C)C)cc3=O)CC2)nn1. The largest absolute Gasteiger partial charge is 0.352 e. The number of nitrogens with zero attached hydrogens (tertiary/aromatic N) is 6. The maximum Gasteiger partial charge on any atom is 0.254 e. The molecule has 2 aromatic heterocycles. The first-order valence-corrected chi connectivity index (χ1v) is 8.83. The van der Waals surface area contributed by atoms with Gasteiger partial charge in [0.2, 0.25) is 5.91 Å². The van der Waals surface area contributed by atoms with E-state index in [-0.39, 0.29) is 23.9 Å². The van der Waals surface area contributed by atoms with E-state index >= 15 is 0 Å². The molecule has 26 heavy (non-hydrogen) atoms. The molecule has 1 aliphatic heterocycles. The number of amides is 1. The highest BCUT2D eigenvalue weighted by Gasteiger charge is 2.22. The van der Waals surface area contributed by atoms with E-state index in [1.165, 1.54) is 17.0 Å². The summed E-state index contributed by atoms with van der Waals surface area (Å²) < 4.78 is 1.37. The van der Waals surface area contributed by atoms with E-state index in [4.69, 9.17) is 0 Å². The Bertz CT molecular complexity index is 822. The molecule has 3 rings (SSSR count). The Morgan fingerprint density at radius 1 is 1.15 bits per heavy atom. The van der Waals surface area contributed by atoms with Crippen LogP contribution in [-0.2, 0) is 11.3 Å². The van der Waals surface area contributed by atoms with Crippen molar-refractivity contribution in [3.63, 3.8) is 0 Å². The van der Waals surface area contributed by atoms with Crippen LogP contribution in [0.4, 0.5) is 5.82 Å². The highest BCUT2D eigenvalue weighted by atomic mass is 16.2. The van der Waals surface area contributed by atoms with E-state index in [1.54, 1.807) is 4.90 Å². The van der Waals surface area contributed by atoms with Crippen LogP contribution in [0.15, 0.2) is 29.3 Å². The minimum Gasteiger partial charge on any atom is -0.352 e. The van der Waals surface area contributed by atoms with Crippen molar-refractivity contribution in [2.45, 2.75) is 33.2 Å². The number of hydrogen-bond donors (Lipinski definition) is 0. The molecular weight excluding hydrogens is 332 g/mol. The van der Waals surface area contributed by atoms with Crippen LogP contribution in [-0.4, -0.2) is 56.7 Å². The lowest BCUT2D eigenvalue weighted by Gasteiger charge is -2.35. The molecule has 138 valence electrons. The quantitative estimate of drug-likeness (QED) is 0.806. The Morgan fingerprint density at radius 2 is 1.88 bits per heavy atom. The molecule has 0 aliphatic carbocycles. The van der Waals surface area contributed by atoms with E-state index in [0.717, 1.165) is 17.2 Å². The van der Waals surface area contributed by atoms with Crippen LogP contribution >= 0.6 is 0 Å². The van der Waals surface area contributed by atoms with Gasteiger partial charge in [0, 0.05) is 32.2 Å². The Hall–Kier alpha value is -2.77. The number of aromatic nitrogens is 4. The summed E-state index contributed by atoms with van der Waals surface area (Å²) in [5, 5.41) is 8.27. The fraction of sp³-hybridized carbons (Fsp3) is 0.500. The summed E-state index contributed by atoms with van der Waals surface area (Å²) >= 11 is 0. The van der Waals surface area contributed by atoms with Gasteiger partial charge in [0.25, 0.3) is 5.56 Å². The van der Waals surface area contributed by atoms with Crippen molar-refractivity contribution in [3.05, 3.63) is 46.3 Å². The highest BCUT2D eigenvalue weighted by Crippen LogP contribution is 2.13. The van der Waals surface area contributed by atoms with Gasteiger partial charge in [-0.1, -0.05) is 13.8 Å². The fourth-order valence-corrected chi connectivity index (χ4v) is 2.87. The third kappa shape index (κ3) is 4.07. The van der Waals surface area contributed by atoms with Gasteiger partial charge in [-0.05, 0) is 25.0 Å². The summed E-state index contributed by atoms with van der Waals surface area (Å²) in [4.78, 5) is 32.8. The lowest BCUT2D eigenvalue weighted by molar-refractivity contribution is -0.132. The number of piperazine rings is 1. The molecular formula is C18H24N6O2. The minimum absolute atomic E-state index is 0.0224. The van der Waals surface area contributed by atoms with E-state index < -0.39 is 0 Å². The molecule has 1 saturated heterocycles. The molecule has 2 aromatic rings. The average Bonchev–Trinajstić information content (AvgIpc) is 2.64. The number of anilines is 1. The Morgan fingerprint density at radius 3 is 2.46 bits per heavy atom. The molecule has 0 spiro atoms. The normalized spacial score (nSPS) is 14.8. The van der Waals surface area contributed by atoms with Crippen LogP contribution in [0.5, 0.6) is 0 Å². The molecule has 0 atom stereocenters. The van der Waals surface area contributed by atoms with Crippen LogP contribution in [0.25, 0.3) is 0 Å². The van der Waals surface area contributed by atoms with Crippen LogP contribution in [0.1, 0.15) is 31.2 Å². The molecule has 0 unspecified atom stereocenters. The zero-order chi connectivity index (χ0) is 18.7. The van der Waals surface area contributed by atoms with Crippen LogP contribution in [0, 0.1) is 6.92 Å². The van der Waals surface area contributed by atoms with Crippen molar-refractivity contribution < 1.29 is 4.79 Å². The van der Waals surface area contributed by atoms with Gasteiger partial charge < -0.3 is 9.80 Å². The van der Waals surface area contributed by atoms with Crippen LogP contribution in [0.3, 0.4) is 0 Å². The zero-order valence-electron chi connectivity index (χ0n) is 15.4. The molecule has 3 heterocycles. The molecule has 8 nitrogen and oxygen atoms in total. The molecule has 1 amide bonds. The highest BCUT2D eigenvalue weighted by molar-refractivity contribution is 5.76. The molecule has 0 aromatic carbocycles. The summed E-state index contributed by atoms with van der Waals surface area (Å²) in [5.41, 5.74) is 1.43. The second kappa shape index (κ2) is 7.63. The summed E-state index contributed by atoms with van der Waals surface area (Å²) in [6.07, 6.45) is 1.47. The van der Waals surface area contributed by atoms with Crippen molar-refractivity contribution >= 4 is 11.7 Å². The number of hydrogen-bond acceptors (Lipinski definition) is 6. The topological polar surface area (TPSA) is 84.2 Å². The van der Waals surface area contributed by atoms with Crippen molar-refractivity contribution in [1.82, 2.24) is 24.6 Å². The minimum atomic E-state index is -0.189. The number of aryl methyl sites for hydroxylation is 1. The zero-order valence-corrected chi connectivity index (χ0v) is 15.4. The van der Waals surface area contributed by atoms with Crippen LogP contribution < -0.4 is 10.5 Å². The predicted molar refractivity (Wildman–Crippen MR) is 98.1 cm³/mol. The van der Waals surface area contributed by atoms with Gasteiger partial charge in [-0.2, -0.15) is 5.10 Å². The van der Waals surface area contributed by atoms with Gasteiger partial charge >= 0.3 is 0 Å². The summed E-state index contributed by atoms with van der Waals surface area (Å²) in [6, 6.07) is 5.38. The summed E-state index contributed by atoms with van der Waals surface area (Å²) in [5.74, 6) is 0.944. The molecule has 0 radical (unpaired) electrons. The van der Waals surface area contributed by atoms with E-state index in [1.807, 2.05) is 32.9 Å². The lowest BCUT2D eigenvalue weighted by Crippen LogP contribution is -2.50. The third-order valence-electron chi connectivity index (χ3n) is 4.54. The van der Waals surface area contributed by atoms with Crippen molar-refractivity contribution in [2.24, 2.45) is 0 Å². The van der Waals surface area contributed by atoms with Gasteiger partial charge in [0.1, 0.15) is 6.54 Å². The Labute approximate surface area is 152 Å². The maximum absolute atomic E-state index is 12.5. The summed E-state index contributed by atoms with van der Waals surface area (Å²) in [7, 11) is 0. The Balaban J connectivity index is 1.58. The van der Waals surface area contributed by atoms with Crippen molar-refractivity contribution in [2.75, 3.05) is 31.1 Å². The molecule has 1 fully saturated rings. The number of rotatable bonds is 4. The predicted octanol–water partition coefficient (Wildman–Crippen LogP) is 0.814. The lowest BCUT2D eigenvalue weighted by atomic mass is 10.1. The van der Waals surface area contributed by atoms with Gasteiger partial charge in [-0.3, -0.25) is 14.2 Å². The first-order chi connectivity index (χ1) is 12.4. The molecule has 8 heteroatoms. The fourth-order valence-electron chi connectivity index (χ4n) is 2.87.